The van der Waals surface area contributed by atoms with Crippen LogP contribution in [0.2, 0.25) is 0 Å². The predicted octanol–water partition coefficient (Wildman–Crippen LogP) is 7.04. The largest absolute Gasteiger partial charge is 0.377 e. The van der Waals surface area contributed by atoms with Gasteiger partial charge in [0, 0.05) is 12.2 Å². The molecular formula is C25H27FO. The lowest BCUT2D eigenvalue weighted by atomic mass is 9.98. The van der Waals surface area contributed by atoms with E-state index in [-0.39, 0.29) is 5.82 Å². The minimum absolute atomic E-state index is 0.189. The highest BCUT2D eigenvalue weighted by Gasteiger charge is 2.08. The monoisotopic (exact) mass is 362 g/mol. The molecule has 3 aromatic carbocycles. The topological polar surface area (TPSA) is 9.23 Å². The Hall–Kier alpha value is -2.45. The minimum Gasteiger partial charge on any atom is -0.377 e. The molecule has 1 nitrogen and oxygen atoms in total. The van der Waals surface area contributed by atoms with Gasteiger partial charge in [0.25, 0.3) is 0 Å². The fourth-order valence-electron chi connectivity index (χ4n) is 3.20. The van der Waals surface area contributed by atoms with E-state index < -0.39 is 0 Å². The molecule has 3 aromatic rings. The van der Waals surface area contributed by atoms with E-state index in [9.17, 15) is 4.39 Å². The molecule has 0 saturated heterocycles. The van der Waals surface area contributed by atoms with Crippen molar-refractivity contribution in [2.45, 2.75) is 39.7 Å². The SMILES string of the molecule is CCCOCc1ccc(-c2ccc(-c3ccc(CCC)cc3)c(F)c2)cc1. The number of rotatable bonds is 8. The molecule has 0 radical (unpaired) electrons. The van der Waals surface area contributed by atoms with E-state index in [1.165, 1.54) is 5.56 Å². The van der Waals surface area contributed by atoms with Gasteiger partial charge >= 0.3 is 0 Å². The average Bonchev–Trinajstić information content (AvgIpc) is 2.70. The molecule has 3 rings (SSSR count). The second-order valence-electron chi connectivity index (χ2n) is 6.89. The van der Waals surface area contributed by atoms with E-state index in [2.05, 4.69) is 26.0 Å². The molecule has 0 fully saturated rings. The number of hydrogen-bond donors (Lipinski definition) is 0. The van der Waals surface area contributed by atoms with E-state index in [0.717, 1.165) is 48.1 Å². The van der Waals surface area contributed by atoms with Crippen LogP contribution in [-0.4, -0.2) is 6.61 Å². The van der Waals surface area contributed by atoms with Crippen LogP contribution < -0.4 is 0 Å². The average molecular weight is 362 g/mol. The molecule has 0 amide bonds. The van der Waals surface area contributed by atoms with E-state index in [1.807, 2.05) is 48.5 Å². The van der Waals surface area contributed by atoms with E-state index >= 15 is 0 Å². The normalized spacial score (nSPS) is 10.9. The van der Waals surface area contributed by atoms with Crippen LogP contribution in [0.3, 0.4) is 0 Å². The molecule has 27 heavy (non-hydrogen) atoms. The van der Waals surface area contributed by atoms with Gasteiger partial charge in [0.2, 0.25) is 0 Å². The van der Waals surface area contributed by atoms with Crippen LogP contribution >= 0.6 is 0 Å². The summed E-state index contributed by atoms with van der Waals surface area (Å²) in [6.45, 7) is 5.65. The van der Waals surface area contributed by atoms with Crippen molar-refractivity contribution < 1.29 is 9.13 Å². The van der Waals surface area contributed by atoms with Crippen LogP contribution in [0.5, 0.6) is 0 Å². The number of aryl methyl sites for hydroxylation is 1. The fraction of sp³-hybridized carbons (Fsp3) is 0.280. The summed E-state index contributed by atoms with van der Waals surface area (Å²) in [6.07, 6.45) is 3.19. The molecule has 0 N–H and O–H groups in total. The van der Waals surface area contributed by atoms with Gasteiger partial charge in [-0.05, 0) is 46.7 Å². The molecule has 0 heterocycles. The molecular weight excluding hydrogens is 335 g/mol. The first-order valence-electron chi connectivity index (χ1n) is 9.77. The maximum atomic E-state index is 14.7. The Balaban J connectivity index is 1.76. The number of halogens is 1. The third kappa shape index (κ3) is 5.05. The zero-order chi connectivity index (χ0) is 19.1. The number of ether oxygens (including phenoxy) is 1. The van der Waals surface area contributed by atoms with Gasteiger partial charge in [0.15, 0.2) is 0 Å². The molecule has 0 aliphatic heterocycles. The van der Waals surface area contributed by atoms with E-state index in [0.29, 0.717) is 12.2 Å². The summed E-state index contributed by atoms with van der Waals surface area (Å²) in [6, 6.07) is 21.8. The zero-order valence-electron chi connectivity index (χ0n) is 16.2. The summed E-state index contributed by atoms with van der Waals surface area (Å²) in [5.74, 6) is -0.189. The maximum absolute atomic E-state index is 14.7. The molecule has 140 valence electrons. The standard InChI is InChI=1S/C25H27FO/c1-3-5-19-6-12-22(13-7-19)24-15-14-23(17-25(24)26)21-10-8-20(9-11-21)18-27-16-4-2/h6-15,17H,3-5,16,18H2,1-2H3. The smallest absolute Gasteiger partial charge is 0.131 e. The van der Waals surface area contributed by atoms with Gasteiger partial charge in [-0.25, -0.2) is 4.39 Å². The summed E-state index contributed by atoms with van der Waals surface area (Å²) < 4.78 is 20.3. The first-order chi connectivity index (χ1) is 13.2. The van der Waals surface area contributed by atoms with Crippen molar-refractivity contribution in [3.05, 3.63) is 83.7 Å². The van der Waals surface area contributed by atoms with Crippen molar-refractivity contribution in [1.29, 1.82) is 0 Å². The number of hydrogen-bond acceptors (Lipinski definition) is 1. The van der Waals surface area contributed by atoms with E-state index in [4.69, 9.17) is 4.74 Å². The van der Waals surface area contributed by atoms with Crippen molar-refractivity contribution in [3.63, 3.8) is 0 Å². The van der Waals surface area contributed by atoms with Gasteiger partial charge in [-0.1, -0.05) is 80.9 Å². The van der Waals surface area contributed by atoms with Crippen LogP contribution in [0.15, 0.2) is 66.7 Å². The zero-order valence-corrected chi connectivity index (χ0v) is 16.2. The Labute approximate surface area is 161 Å². The highest BCUT2D eigenvalue weighted by atomic mass is 19.1. The highest BCUT2D eigenvalue weighted by molar-refractivity contribution is 5.71. The Kier molecular flexibility index (Phi) is 6.78. The van der Waals surface area contributed by atoms with Gasteiger partial charge in [0.05, 0.1) is 6.61 Å². The van der Waals surface area contributed by atoms with Crippen molar-refractivity contribution in [3.8, 4) is 22.3 Å². The van der Waals surface area contributed by atoms with E-state index in [1.54, 1.807) is 6.07 Å². The lowest BCUT2D eigenvalue weighted by molar-refractivity contribution is 0.121. The second kappa shape index (κ2) is 9.48. The summed E-state index contributed by atoms with van der Waals surface area (Å²) in [5.41, 5.74) is 5.89. The van der Waals surface area contributed by atoms with Crippen molar-refractivity contribution in [1.82, 2.24) is 0 Å². The summed E-state index contributed by atoms with van der Waals surface area (Å²) >= 11 is 0. The van der Waals surface area contributed by atoms with Crippen molar-refractivity contribution in [2.24, 2.45) is 0 Å². The van der Waals surface area contributed by atoms with Crippen LogP contribution in [0.4, 0.5) is 4.39 Å². The molecule has 0 aliphatic carbocycles. The Morgan fingerprint density at radius 1 is 0.704 bits per heavy atom. The first kappa shape index (κ1) is 19.3. The lowest BCUT2D eigenvalue weighted by Crippen LogP contribution is -1.94. The van der Waals surface area contributed by atoms with Gasteiger partial charge in [0.1, 0.15) is 5.82 Å². The summed E-state index contributed by atoms with van der Waals surface area (Å²) in [5, 5.41) is 0. The summed E-state index contributed by atoms with van der Waals surface area (Å²) in [4.78, 5) is 0. The Morgan fingerprint density at radius 3 is 1.96 bits per heavy atom. The van der Waals surface area contributed by atoms with Gasteiger partial charge in [-0.2, -0.15) is 0 Å². The van der Waals surface area contributed by atoms with Crippen LogP contribution in [-0.2, 0) is 17.8 Å². The first-order valence-corrected chi connectivity index (χ1v) is 9.77. The molecule has 0 aromatic heterocycles. The summed E-state index contributed by atoms with van der Waals surface area (Å²) in [7, 11) is 0. The van der Waals surface area contributed by atoms with Crippen LogP contribution in [0.1, 0.15) is 37.8 Å². The second-order valence-corrected chi connectivity index (χ2v) is 6.89. The van der Waals surface area contributed by atoms with Crippen LogP contribution in [0.25, 0.3) is 22.3 Å². The molecule has 2 heteroatoms. The van der Waals surface area contributed by atoms with Crippen molar-refractivity contribution in [2.75, 3.05) is 6.61 Å². The predicted molar refractivity (Wildman–Crippen MR) is 111 cm³/mol. The fourth-order valence-corrected chi connectivity index (χ4v) is 3.20. The Bertz CT molecular complexity index is 850. The minimum atomic E-state index is -0.189. The molecule has 0 aliphatic rings. The Morgan fingerprint density at radius 2 is 1.33 bits per heavy atom. The van der Waals surface area contributed by atoms with Crippen LogP contribution in [0, 0.1) is 5.82 Å². The molecule has 0 unspecified atom stereocenters. The third-order valence-corrected chi connectivity index (χ3v) is 4.68. The van der Waals surface area contributed by atoms with Gasteiger partial charge in [-0.15, -0.1) is 0 Å². The highest BCUT2D eigenvalue weighted by Crippen LogP contribution is 2.28. The molecule has 0 atom stereocenters. The quantitative estimate of drug-likeness (QED) is 0.391. The molecule has 0 bridgehead atoms. The van der Waals surface area contributed by atoms with Gasteiger partial charge < -0.3 is 4.74 Å². The lowest BCUT2D eigenvalue weighted by Gasteiger charge is -2.09. The van der Waals surface area contributed by atoms with Gasteiger partial charge in [-0.3, -0.25) is 0 Å². The van der Waals surface area contributed by atoms with Crippen molar-refractivity contribution >= 4 is 0 Å². The third-order valence-electron chi connectivity index (χ3n) is 4.68. The number of benzene rings is 3. The molecule has 0 saturated carbocycles. The molecule has 0 spiro atoms. The maximum Gasteiger partial charge on any atom is 0.131 e.